The van der Waals surface area contributed by atoms with Crippen molar-refractivity contribution in [3.8, 4) is 11.4 Å². The lowest BCUT2D eigenvalue weighted by Gasteiger charge is -2.22. The largest absolute Gasteiger partial charge is 0.402 e. The molecule has 2 aromatic heterocycles. The summed E-state index contributed by atoms with van der Waals surface area (Å²) in [5.74, 6) is 0.377. The second-order valence-corrected chi connectivity index (χ2v) is 7.11. The summed E-state index contributed by atoms with van der Waals surface area (Å²) in [7, 11) is 0. The molecule has 0 saturated heterocycles. The maximum Gasteiger partial charge on any atom is 0.254 e. The minimum Gasteiger partial charge on any atom is -0.402 e. The molecule has 2 heterocycles. The van der Waals surface area contributed by atoms with Crippen molar-refractivity contribution in [2.75, 3.05) is 13.1 Å². The molecule has 0 unspecified atom stereocenters. The van der Waals surface area contributed by atoms with Crippen LogP contribution < -0.4 is 5.73 Å². The number of aliphatic imine (C=N–C) groups is 1. The Balaban J connectivity index is 1.70. The molecule has 2 N–H and O–H groups in total. The number of hydrogen-bond acceptors (Lipinski definition) is 6. The minimum atomic E-state index is -0.418. The maximum atomic E-state index is 13.3. The van der Waals surface area contributed by atoms with Crippen LogP contribution in [0.3, 0.4) is 0 Å². The summed E-state index contributed by atoms with van der Waals surface area (Å²) in [6.07, 6.45) is 8.05. The highest BCUT2D eigenvalue weighted by Gasteiger charge is 2.20. The van der Waals surface area contributed by atoms with Gasteiger partial charge >= 0.3 is 0 Å². The third-order valence-electron chi connectivity index (χ3n) is 4.76. The summed E-state index contributed by atoms with van der Waals surface area (Å²) in [6.45, 7) is 4.85. The number of halogens is 1. The highest BCUT2D eigenvalue weighted by atomic mass is 19.1. The number of hydrogen-bond donors (Lipinski definition) is 1. The van der Waals surface area contributed by atoms with Gasteiger partial charge in [0.15, 0.2) is 11.6 Å². The molecular weight excluding hydrogens is 407 g/mol. The Hall–Kier alpha value is -3.94. The summed E-state index contributed by atoms with van der Waals surface area (Å²) in [5.41, 5.74) is 8.88. The molecule has 0 atom stereocenters. The predicted octanol–water partition coefficient (Wildman–Crippen LogP) is 4.08. The van der Waals surface area contributed by atoms with Gasteiger partial charge in [-0.3, -0.25) is 4.79 Å². The molecule has 1 amide bonds. The van der Waals surface area contributed by atoms with Crippen LogP contribution >= 0.6 is 0 Å². The van der Waals surface area contributed by atoms with Crippen molar-refractivity contribution in [2.24, 2.45) is 10.7 Å². The predicted molar refractivity (Wildman–Crippen MR) is 123 cm³/mol. The molecular formula is C24H25FN6O. The van der Waals surface area contributed by atoms with E-state index in [4.69, 9.17) is 5.73 Å². The van der Waals surface area contributed by atoms with E-state index in [1.807, 2.05) is 32.0 Å². The summed E-state index contributed by atoms with van der Waals surface area (Å²) in [4.78, 5) is 31.6. The van der Waals surface area contributed by atoms with Gasteiger partial charge in [-0.1, -0.05) is 17.7 Å². The number of aryl methyl sites for hydroxylation is 1. The number of benzene rings is 1. The van der Waals surface area contributed by atoms with Crippen molar-refractivity contribution in [1.29, 1.82) is 0 Å². The summed E-state index contributed by atoms with van der Waals surface area (Å²) < 4.78 is 12.9. The number of carbonyl (C=O) groups excluding carboxylic acids is 1. The first-order valence-electron chi connectivity index (χ1n) is 10.3. The Morgan fingerprint density at radius 3 is 2.66 bits per heavy atom. The van der Waals surface area contributed by atoms with Crippen LogP contribution in [0.5, 0.6) is 0 Å². The molecule has 0 aliphatic carbocycles. The molecule has 32 heavy (non-hydrogen) atoms. The van der Waals surface area contributed by atoms with Crippen LogP contribution in [0, 0.1) is 12.7 Å². The smallest absolute Gasteiger partial charge is 0.254 e. The van der Waals surface area contributed by atoms with Crippen LogP contribution in [0.2, 0.25) is 0 Å². The Morgan fingerprint density at radius 2 is 1.97 bits per heavy atom. The molecule has 0 radical (unpaired) electrons. The summed E-state index contributed by atoms with van der Waals surface area (Å²) in [5, 5.41) is 0. The van der Waals surface area contributed by atoms with Crippen LogP contribution in [0.1, 0.15) is 29.3 Å². The molecule has 0 bridgehead atoms. The SMILES string of the molecule is CCN(CCC(N)=CC=Nc1ccc(F)cn1)C(=O)c1cc(C)ccc1-c1ncccn1. The second kappa shape index (κ2) is 10.9. The molecule has 3 rings (SSSR count). The average Bonchev–Trinajstić information content (AvgIpc) is 2.81. The van der Waals surface area contributed by atoms with Crippen molar-refractivity contribution in [2.45, 2.75) is 20.3 Å². The number of nitrogens with two attached hydrogens (primary N) is 1. The van der Waals surface area contributed by atoms with Crippen LogP contribution in [-0.2, 0) is 0 Å². The van der Waals surface area contributed by atoms with Gasteiger partial charge in [0, 0.05) is 49.4 Å². The van der Waals surface area contributed by atoms with Crippen molar-refractivity contribution in [3.63, 3.8) is 0 Å². The normalized spacial score (nSPS) is 11.7. The standard InChI is InChI=1S/C24H25FN6O/c1-3-31(14-10-19(26)9-13-27-22-8-6-18(25)16-30-22)24(32)21-15-17(2)5-7-20(21)23-28-11-4-12-29-23/h4-9,11-13,15-16H,3,10,14,26H2,1-2H3. The van der Waals surface area contributed by atoms with Gasteiger partial charge < -0.3 is 10.6 Å². The fourth-order valence-electron chi connectivity index (χ4n) is 3.04. The lowest BCUT2D eigenvalue weighted by atomic mass is 10.0. The van der Waals surface area contributed by atoms with E-state index in [1.165, 1.54) is 18.3 Å². The van der Waals surface area contributed by atoms with Gasteiger partial charge in [0.2, 0.25) is 0 Å². The first-order valence-corrected chi connectivity index (χ1v) is 10.3. The fraction of sp³-hybridized carbons (Fsp3) is 0.208. The second-order valence-electron chi connectivity index (χ2n) is 7.11. The number of carbonyl (C=O) groups is 1. The van der Waals surface area contributed by atoms with Crippen molar-refractivity contribution in [1.82, 2.24) is 19.9 Å². The van der Waals surface area contributed by atoms with Gasteiger partial charge in [-0.05, 0) is 44.2 Å². The number of rotatable bonds is 8. The lowest BCUT2D eigenvalue weighted by Crippen LogP contribution is -2.33. The Kier molecular flexibility index (Phi) is 7.75. The molecule has 164 valence electrons. The average molecular weight is 433 g/mol. The van der Waals surface area contributed by atoms with Crippen LogP contribution in [0.25, 0.3) is 11.4 Å². The number of amides is 1. The molecule has 0 aliphatic rings. The number of nitrogens with zero attached hydrogens (tertiary/aromatic N) is 5. The molecule has 0 fully saturated rings. The minimum absolute atomic E-state index is 0.101. The van der Waals surface area contributed by atoms with Crippen molar-refractivity contribution in [3.05, 3.63) is 83.7 Å². The monoisotopic (exact) mass is 432 g/mol. The number of allylic oxidation sites excluding steroid dienone is 1. The molecule has 8 heteroatoms. The quantitative estimate of drug-likeness (QED) is 0.541. The van der Waals surface area contributed by atoms with Crippen LogP contribution in [0.15, 0.2) is 71.8 Å². The van der Waals surface area contributed by atoms with Gasteiger partial charge in [0.1, 0.15) is 5.82 Å². The van der Waals surface area contributed by atoms with E-state index in [0.717, 1.165) is 11.8 Å². The van der Waals surface area contributed by atoms with E-state index in [-0.39, 0.29) is 5.91 Å². The maximum absolute atomic E-state index is 13.3. The van der Waals surface area contributed by atoms with Crippen LogP contribution in [0.4, 0.5) is 10.2 Å². The Labute approximate surface area is 186 Å². The third-order valence-corrected chi connectivity index (χ3v) is 4.76. The van der Waals surface area contributed by atoms with Gasteiger partial charge in [-0.2, -0.15) is 0 Å². The van der Waals surface area contributed by atoms with Gasteiger partial charge in [0.25, 0.3) is 5.91 Å². The Bertz CT molecular complexity index is 1110. The summed E-state index contributed by atoms with van der Waals surface area (Å²) in [6, 6.07) is 10.2. The topological polar surface area (TPSA) is 97.4 Å². The molecule has 1 aromatic carbocycles. The molecule has 0 saturated carbocycles. The van der Waals surface area contributed by atoms with E-state index >= 15 is 0 Å². The first-order chi connectivity index (χ1) is 15.5. The fourth-order valence-corrected chi connectivity index (χ4v) is 3.04. The number of aromatic nitrogens is 3. The third kappa shape index (κ3) is 6.04. The summed E-state index contributed by atoms with van der Waals surface area (Å²) >= 11 is 0. The van der Waals surface area contributed by atoms with Gasteiger partial charge in [0.05, 0.1) is 11.8 Å². The van der Waals surface area contributed by atoms with E-state index < -0.39 is 5.82 Å². The van der Waals surface area contributed by atoms with E-state index in [9.17, 15) is 9.18 Å². The van der Waals surface area contributed by atoms with Crippen molar-refractivity contribution < 1.29 is 9.18 Å². The molecule has 3 aromatic rings. The van der Waals surface area contributed by atoms with Crippen LogP contribution in [-0.4, -0.2) is 45.1 Å². The van der Waals surface area contributed by atoms with Crippen molar-refractivity contribution >= 4 is 17.9 Å². The number of pyridine rings is 1. The lowest BCUT2D eigenvalue weighted by molar-refractivity contribution is 0.0766. The van der Waals surface area contributed by atoms with E-state index in [1.54, 1.807) is 29.4 Å². The van der Waals surface area contributed by atoms with E-state index in [2.05, 4.69) is 19.9 Å². The Morgan fingerprint density at radius 1 is 1.19 bits per heavy atom. The molecule has 0 aliphatic heterocycles. The zero-order chi connectivity index (χ0) is 22.9. The molecule has 7 nitrogen and oxygen atoms in total. The van der Waals surface area contributed by atoms with E-state index in [0.29, 0.717) is 48.0 Å². The van der Waals surface area contributed by atoms with Gasteiger partial charge in [-0.15, -0.1) is 0 Å². The highest BCUT2D eigenvalue weighted by Crippen LogP contribution is 2.23. The molecule has 0 spiro atoms. The van der Waals surface area contributed by atoms with Gasteiger partial charge in [-0.25, -0.2) is 24.3 Å². The zero-order valence-corrected chi connectivity index (χ0v) is 18.1. The highest BCUT2D eigenvalue weighted by molar-refractivity contribution is 6.00. The zero-order valence-electron chi connectivity index (χ0n) is 18.1. The first kappa shape index (κ1) is 22.7.